The Labute approximate surface area is 473 Å². The predicted molar refractivity (Wildman–Crippen MR) is 320 cm³/mol. The van der Waals surface area contributed by atoms with E-state index in [-0.39, 0.29) is 13.0 Å². The maximum Gasteiger partial charge on any atom is 0.306 e. The number of allylic oxidation sites excluding steroid dienone is 3. The first-order valence-electron chi connectivity index (χ1n) is 33.1. The summed E-state index contributed by atoms with van der Waals surface area (Å²) < 4.78 is 17.7. The van der Waals surface area contributed by atoms with Gasteiger partial charge in [-0.05, 0) is 51.4 Å². The van der Waals surface area contributed by atoms with Gasteiger partial charge in [0.25, 0.3) is 0 Å². The molecule has 0 radical (unpaired) electrons. The highest BCUT2D eigenvalue weighted by atomic mass is 16.7. The van der Waals surface area contributed by atoms with E-state index in [1.54, 1.807) is 6.08 Å². The molecule has 0 aromatic heterocycles. The zero-order chi connectivity index (χ0) is 56.1. The van der Waals surface area contributed by atoms with E-state index in [0.717, 1.165) is 57.8 Å². The van der Waals surface area contributed by atoms with Gasteiger partial charge in [0.15, 0.2) is 12.4 Å². The van der Waals surface area contributed by atoms with Gasteiger partial charge in [-0.15, -0.1) is 0 Å². The summed E-state index contributed by atoms with van der Waals surface area (Å²) in [5.41, 5.74) is 0. The van der Waals surface area contributed by atoms with Crippen molar-refractivity contribution in [2.75, 3.05) is 13.2 Å². The summed E-state index contributed by atoms with van der Waals surface area (Å²) in [5.74, 6) is -1.18. The Morgan fingerprint density at radius 3 is 1.26 bits per heavy atom. The van der Waals surface area contributed by atoms with Crippen LogP contribution in [0.15, 0.2) is 24.3 Å². The molecule has 0 aliphatic carbocycles. The van der Waals surface area contributed by atoms with Crippen LogP contribution in [-0.4, -0.2) is 99.6 Å². The number of amides is 1. The van der Waals surface area contributed by atoms with E-state index in [1.165, 1.54) is 218 Å². The lowest BCUT2D eigenvalue weighted by molar-refractivity contribution is -0.305. The summed E-state index contributed by atoms with van der Waals surface area (Å²) in [5, 5.41) is 57.1. The van der Waals surface area contributed by atoms with Gasteiger partial charge in [-0.25, -0.2) is 0 Å². The molecular formula is C66H125NO10. The van der Waals surface area contributed by atoms with Crippen LogP contribution in [0.1, 0.15) is 323 Å². The molecule has 1 rings (SSSR count). The van der Waals surface area contributed by atoms with Gasteiger partial charge in [-0.1, -0.05) is 289 Å². The molecule has 454 valence electrons. The van der Waals surface area contributed by atoms with Gasteiger partial charge in [0, 0.05) is 6.42 Å². The van der Waals surface area contributed by atoms with E-state index in [4.69, 9.17) is 14.2 Å². The van der Waals surface area contributed by atoms with Gasteiger partial charge in [-0.3, -0.25) is 9.59 Å². The van der Waals surface area contributed by atoms with Crippen molar-refractivity contribution in [1.29, 1.82) is 0 Å². The zero-order valence-corrected chi connectivity index (χ0v) is 50.4. The second kappa shape index (κ2) is 54.7. The van der Waals surface area contributed by atoms with Gasteiger partial charge in [0.05, 0.1) is 25.4 Å². The fourth-order valence-corrected chi connectivity index (χ4v) is 10.6. The maximum atomic E-state index is 13.5. The Bertz CT molecular complexity index is 1350. The molecule has 0 spiro atoms. The molecule has 8 atom stereocenters. The number of esters is 1. The fourth-order valence-electron chi connectivity index (χ4n) is 10.6. The van der Waals surface area contributed by atoms with E-state index >= 15 is 0 Å². The highest BCUT2D eigenvalue weighted by Gasteiger charge is 2.47. The SMILES string of the molecule is CCCCCCCC/C=C/CCCCCCCCCCCCC(O)C(=O)NC(COC1OC(CO)C(O)C(O)C1OC(=O)CCCCCCCCCCCCCCCCC)C(O)/C=C/CCCCCCCCCCCCC. The summed E-state index contributed by atoms with van der Waals surface area (Å²) in [7, 11) is 0. The lowest BCUT2D eigenvalue weighted by atomic mass is 9.99. The van der Waals surface area contributed by atoms with Gasteiger partial charge in [0.2, 0.25) is 5.91 Å². The van der Waals surface area contributed by atoms with Crippen LogP contribution in [0, 0.1) is 0 Å². The van der Waals surface area contributed by atoms with Gasteiger partial charge in [-0.2, -0.15) is 0 Å². The van der Waals surface area contributed by atoms with Crippen molar-refractivity contribution in [3.05, 3.63) is 24.3 Å². The molecule has 1 fully saturated rings. The first kappa shape index (κ1) is 73.2. The van der Waals surface area contributed by atoms with E-state index in [9.17, 15) is 35.1 Å². The fraction of sp³-hybridized carbons (Fsp3) is 0.909. The summed E-state index contributed by atoms with van der Waals surface area (Å²) in [6, 6.07) is -1.02. The van der Waals surface area contributed by atoms with Crippen LogP contribution in [0.25, 0.3) is 0 Å². The quantitative estimate of drug-likeness (QED) is 0.0195. The molecule has 1 aliphatic rings. The average Bonchev–Trinajstić information content (AvgIpc) is 3.43. The molecule has 1 heterocycles. The molecular weight excluding hydrogens is 967 g/mol. The number of nitrogens with one attached hydrogen (secondary N) is 1. The van der Waals surface area contributed by atoms with Crippen LogP contribution in [0.2, 0.25) is 0 Å². The first-order chi connectivity index (χ1) is 37.7. The Morgan fingerprint density at radius 1 is 0.494 bits per heavy atom. The minimum absolute atomic E-state index is 0.130. The monoisotopic (exact) mass is 1090 g/mol. The maximum absolute atomic E-state index is 13.5. The highest BCUT2D eigenvalue weighted by Crippen LogP contribution is 2.26. The van der Waals surface area contributed by atoms with E-state index < -0.39 is 67.4 Å². The average molecular weight is 1090 g/mol. The number of ether oxygens (including phenoxy) is 3. The van der Waals surface area contributed by atoms with Crippen LogP contribution in [0.3, 0.4) is 0 Å². The molecule has 11 nitrogen and oxygen atoms in total. The number of unbranched alkanes of at least 4 members (excludes halogenated alkanes) is 41. The molecule has 1 amide bonds. The van der Waals surface area contributed by atoms with E-state index in [2.05, 4.69) is 38.2 Å². The number of rotatable bonds is 57. The highest BCUT2D eigenvalue weighted by molar-refractivity contribution is 5.80. The summed E-state index contributed by atoms with van der Waals surface area (Å²) in [6.45, 7) is 5.83. The van der Waals surface area contributed by atoms with Crippen molar-refractivity contribution in [3.63, 3.8) is 0 Å². The predicted octanol–water partition coefficient (Wildman–Crippen LogP) is 16.1. The van der Waals surface area contributed by atoms with Crippen LogP contribution in [0.4, 0.5) is 0 Å². The third-order valence-corrected chi connectivity index (χ3v) is 15.9. The number of carbonyl (C=O) groups is 2. The summed E-state index contributed by atoms with van der Waals surface area (Å²) in [4.78, 5) is 26.6. The summed E-state index contributed by atoms with van der Waals surface area (Å²) in [6.07, 6.45) is 53.5. The van der Waals surface area contributed by atoms with Crippen LogP contribution >= 0.6 is 0 Å². The number of aliphatic hydroxyl groups is 5. The van der Waals surface area contributed by atoms with Crippen LogP contribution in [-0.2, 0) is 23.8 Å². The largest absolute Gasteiger partial charge is 0.454 e. The third-order valence-electron chi connectivity index (χ3n) is 15.9. The van der Waals surface area contributed by atoms with Crippen molar-refractivity contribution in [3.8, 4) is 0 Å². The van der Waals surface area contributed by atoms with Crippen molar-refractivity contribution >= 4 is 11.9 Å². The second-order valence-corrected chi connectivity index (χ2v) is 23.2. The second-order valence-electron chi connectivity index (χ2n) is 23.2. The minimum atomic E-state index is -1.61. The number of hydrogen-bond acceptors (Lipinski definition) is 10. The zero-order valence-electron chi connectivity index (χ0n) is 50.4. The van der Waals surface area contributed by atoms with Crippen molar-refractivity contribution in [1.82, 2.24) is 5.32 Å². The standard InChI is InChI=1S/C66H125NO10/c1-4-7-10-13-16-19-22-25-27-28-29-30-31-33-35-38-41-44-47-50-53-59(70)65(74)67-57(58(69)52-49-46-43-40-37-34-24-21-18-15-12-9-6-3)56-75-66-64(63(73)62(72)60(55-68)76-66)77-61(71)54-51-48-45-42-39-36-32-26-23-20-17-14-11-8-5-2/h25,27,49,52,57-60,62-64,66,68-70,72-73H,4-24,26,28-48,50-51,53-56H2,1-3H3,(H,67,74)/b27-25+,52-49+. The summed E-state index contributed by atoms with van der Waals surface area (Å²) >= 11 is 0. The molecule has 11 heteroatoms. The van der Waals surface area contributed by atoms with Crippen molar-refractivity contribution in [2.45, 2.75) is 372 Å². The van der Waals surface area contributed by atoms with Crippen molar-refractivity contribution in [2.24, 2.45) is 0 Å². The van der Waals surface area contributed by atoms with E-state index in [1.807, 2.05) is 6.08 Å². The molecule has 77 heavy (non-hydrogen) atoms. The van der Waals surface area contributed by atoms with Gasteiger partial charge < -0.3 is 45.1 Å². The molecule has 0 aromatic rings. The van der Waals surface area contributed by atoms with Crippen molar-refractivity contribution < 1.29 is 49.3 Å². The van der Waals surface area contributed by atoms with E-state index in [0.29, 0.717) is 19.3 Å². The molecule has 0 aromatic carbocycles. The van der Waals surface area contributed by atoms with Gasteiger partial charge in [0.1, 0.15) is 24.4 Å². The number of aliphatic hydroxyl groups excluding tert-OH is 5. The van der Waals surface area contributed by atoms with Crippen LogP contribution < -0.4 is 5.32 Å². The molecule has 0 bridgehead atoms. The number of hydrogen-bond donors (Lipinski definition) is 6. The molecule has 8 unspecified atom stereocenters. The Morgan fingerprint density at radius 2 is 0.857 bits per heavy atom. The Hall–Kier alpha value is -1.86. The van der Waals surface area contributed by atoms with Crippen LogP contribution in [0.5, 0.6) is 0 Å². The first-order valence-corrected chi connectivity index (χ1v) is 33.1. The smallest absolute Gasteiger partial charge is 0.306 e. The minimum Gasteiger partial charge on any atom is -0.454 e. The molecule has 6 N–H and O–H groups in total. The molecule has 1 aliphatic heterocycles. The normalized spacial score (nSPS) is 19.1. The third kappa shape index (κ3) is 42.6. The Balaban J connectivity index is 2.64. The lowest BCUT2D eigenvalue weighted by Gasteiger charge is -2.41. The molecule has 1 saturated heterocycles. The van der Waals surface area contributed by atoms with Gasteiger partial charge >= 0.3 is 5.97 Å². The topological polar surface area (TPSA) is 175 Å². The number of carbonyl (C=O) groups excluding carboxylic acids is 2. The molecule has 0 saturated carbocycles. The Kier molecular flexibility index (Phi) is 52.0. The lowest BCUT2D eigenvalue weighted by Crippen LogP contribution is -2.61.